The van der Waals surface area contributed by atoms with Crippen molar-refractivity contribution in [2.75, 3.05) is 5.32 Å². The zero-order chi connectivity index (χ0) is 14.8. The predicted molar refractivity (Wildman–Crippen MR) is 83.5 cm³/mol. The van der Waals surface area contributed by atoms with Crippen LogP contribution in [0.25, 0.3) is 5.69 Å². The van der Waals surface area contributed by atoms with E-state index >= 15 is 0 Å². The van der Waals surface area contributed by atoms with Crippen molar-refractivity contribution in [1.82, 2.24) is 20.2 Å². The number of rotatable bonds is 3. The Bertz CT molecular complexity index is 583. The third-order valence-corrected chi connectivity index (χ3v) is 4.67. The molecule has 0 bridgehead atoms. The molecule has 0 spiro atoms. The molecule has 0 saturated heterocycles. The molecule has 1 aliphatic rings. The molecule has 5 nitrogen and oxygen atoms in total. The number of anilines is 1. The Morgan fingerprint density at radius 3 is 2.57 bits per heavy atom. The van der Waals surface area contributed by atoms with E-state index in [4.69, 9.17) is 0 Å². The number of hydrogen-bond acceptors (Lipinski definition) is 4. The van der Waals surface area contributed by atoms with E-state index in [9.17, 15) is 0 Å². The van der Waals surface area contributed by atoms with Gasteiger partial charge in [-0.15, -0.1) is 5.10 Å². The number of hydrogen-bond donors (Lipinski definition) is 1. The molecule has 1 aromatic carbocycles. The van der Waals surface area contributed by atoms with Gasteiger partial charge in [0.1, 0.15) is 6.33 Å². The van der Waals surface area contributed by atoms with Crippen LogP contribution in [0.2, 0.25) is 0 Å². The Hall–Kier alpha value is -1.91. The average Bonchev–Trinajstić information content (AvgIpc) is 2.97. The van der Waals surface area contributed by atoms with Crippen LogP contribution >= 0.6 is 0 Å². The summed E-state index contributed by atoms with van der Waals surface area (Å²) in [6.07, 6.45) is 5.63. The second kappa shape index (κ2) is 5.84. The highest BCUT2D eigenvalue weighted by atomic mass is 15.5. The first-order chi connectivity index (χ1) is 10.1. The third-order valence-electron chi connectivity index (χ3n) is 4.67. The Kier molecular flexibility index (Phi) is 3.90. The van der Waals surface area contributed by atoms with Crippen molar-refractivity contribution in [2.24, 2.45) is 11.8 Å². The van der Waals surface area contributed by atoms with E-state index in [-0.39, 0.29) is 0 Å². The Labute approximate surface area is 125 Å². The van der Waals surface area contributed by atoms with E-state index in [0.29, 0.717) is 6.04 Å². The average molecular weight is 285 g/mol. The molecule has 1 saturated carbocycles. The van der Waals surface area contributed by atoms with Gasteiger partial charge in [0, 0.05) is 11.7 Å². The molecule has 2 aromatic rings. The first kappa shape index (κ1) is 14.0. The lowest BCUT2D eigenvalue weighted by molar-refractivity contribution is 0.268. The first-order valence-electron chi connectivity index (χ1n) is 7.75. The van der Waals surface area contributed by atoms with Gasteiger partial charge in [0.15, 0.2) is 0 Å². The van der Waals surface area contributed by atoms with Crippen molar-refractivity contribution in [2.45, 2.75) is 46.1 Å². The van der Waals surface area contributed by atoms with Gasteiger partial charge in [-0.2, -0.15) is 0 Å². The van der Waals surface area contributed by atoms with Crippen molar-refractivity contribution in [3.8, 4) is 5.69 Å². The maximum absolute atomic E-state index is 3.95. The second-order valence-corrected chi connectivity index (χ2v) is 6.31. The molecular weight excluding hydrogens is 262 g/mol. The summed E-state index contributed by atoms with van der Waals surface area (Å²) in [5, 5.41) is 15.1. The predicted octanol–water partition coefficient (Wildman–Crippen LogP) is 3.21. The lowest BCUT2D eigenvalue weighted by Gasteiger charge is -2.36. The number of nitrogens with zero attached hydrogens (tertiary/aromatic N) is 4. The van der Waals surface area contributed by atoms with Gasteiger partial charge in [-0.1, -0.05) is 20.3 Å². The molecule has 1 fully saturated rings. The van der Waals surface area contributed by atoms with Gasteiger partial charge in [-0.3, -0.25) is 0 Å². The molecule has 1 aromatic heterocycles. The zero-order valence-electron chi connectivity index (χ0n) is 13.0. The molecule has 1 aliphatic carbocycles. The minimum Gasteiger partial charge on any atom is -0.382 e. The number of tetrazole rings is 1. The Morgan fingerprint density at radius 1 is 1.19 bits per heavy atom. The summed E-state index contributed by atoms with van der Waals surface area (Å²) in [6.45, 7) is 6.81. The fraction of sp³-hybridized carbons (Fsp3) is 0.562. The van der Waals surface area contributed by atoms with Crippen molar-refractivity contribution >= 4 is 5.69 Å². The normalized spacial score (nSPS) is 25.8. The van der Waals surface area contributed by atoms with Crippen LogP contribution in [-0.4, -0.2) is 26.2 Å². The van der Waals surface area contributed by atoms with E-state index < -0.39 is 0 Å². The van der Waals surface area contributed by atoms with Crippen LogP contribution in [0.15, 0.2) is 24.5 Å². The van der Waals surface area contributed by atoms with Crippen LogP contribution < -0.4 is 5.32 Å². The number of nitrogens with one attached hydrogen (secondary N) is 1. The standard InChI is InChI=1S/C16H23N5/c1-11-5-4-6-12(2)16(11)18-14-7-8-15(13(3)9-14)21-10-17-19-20-21/h7-12,16,18H,4-6H2,1-3H3. The maximum atomic E-state index is 3.95. The van der Waals surface area contributed by atoms with Gasteiger partial charge in [0.05, 0.1) is 5.69 Å². The lowest BCUT2D eigenvalue weighted by Crippen LogP contribution is -2.37. The molecule has 0 aliphatic heterocycles. The SMILES string of the molecule is Cc1cc(NC2C(C)CCCC2C)ccc1-n1cnnn1. The number of aromatic nitrogens is 4. The van der Waals surface area contributed by atoms with Gasteiger partial charge in [-0.25, -0.2) is 4.68 Å². The maximum Gasteiger partial charge on any atom is 0.143 e. The van der Waals surface area contributed by atoms with Gasteiger partial charge >= 0.3 is 0 Å². The summed E-state index contributed by atoms with van der Waals surface area (Å²) in [5.41, 5.74) is 3.38. The monoisotopic (exact) mass is 285 g/mol. The fourth-order valence-corrected chi connectivity index (χ4v) is 3.43. The van der Waals surface area contributed by atoms with Crippen LogP contribution in [0.1, 0.15) is 38.7 Å². The van der Waals surface area contributed by atoms with Crippen molar-refractivity contribution in [3.63, 3.8) is 0 Å². The van der Waals surface area contributed by atoms with Crippen molar-refractivity contribution in [3.05, 3.63) is 30.1 Å². The van der Waals surface area contributed by atoms with Crippen molar-refractivity contribution in [1.29, 1.82) is 0 Å². The minimum atomic E-state index is 0.567. The lowest BCUT2D eigenvalue weighted by atomic mass is 9.78. The highest BCUT2D eigenvalue weighted by molar-refractivity contribution is 5.53. The largest absolute Gasteiger partial charge is 0.382 e. The van der Waals surface area contributed by atoms with E-state index in [1.54, 1.807) is 11.0 Å². The first-order valence-corrected chi connectivity index (χ1v) is 7.75. The van der Waals surface area contributed by atoms with E-state index in [1.165, 1.54) is 30.5 Å². The molecule has 0 radical (unpaired) electrons. The summed E-state index contributed by atoms with van der Waals surface area (Å²) < 4.78 is 1.70. The van der Waals surface area contributed by atoms with Crippen LogP contribution in [0.5, 0.6) is 0 Å². The van der Waals surface area contributed by atoms with Crippen LogP contribution in [0.4, 0.5) is 5.69 Å². The summed E-state index contributed by atoms with van der Waals surface area (Å²) in [4.78, 5) is 0. The smallest absolute Gasteiger partial charge is 0.143 e. The minimum absolute atomic E-state index is 0.567. The summed E-state index contributed by atoms with van der Waals surface area (Å²) in [6, 6.07) is 6.95. The molecule has 1 heterocycles. The van der Waals surface area contributed by atoms with E-state index in [0.717, 1.165) is 17.5 Å². The topological polar surface area (TPSA) is 55.6 Å². The quantitative estimate of drug-likeness (QED) is 0.941. The fourth-order valence-electron chi connectivity index (χ4n) is 3.43. The summed E-state index contributed by atoms with van der Waals surface area (Å²) in [5.74, 6) is 1.46. The molecule has 1 N–H and O–H groups in total. The Balaban J connectivity index is 1.79. The highest BCUT2D eigenvalue weighted by Gasteiger charge is 2.27. The van der Waals surface area contributed by atoms with E-state index in [2.05, 4.69) is 59.8 Å². The number of benzene rings is 1. The van der Waals surface area contributed by atoms with Crippen LogP contribution in [-0.2, 0) is 0 Å². The molecule has 0 amide bonds. The molecule has 112 valence electrons. The van der Waals surface area contributed by atoms with Crippen molar-refractivity contribution < 1.29 is 0 Å². The van der Waals surface area contributed by atoms with Gasteiger partial charge in [-0.05, 0) is 65.8 Å². The summed E-state index contributed by atoms with van der Waals surface area (Å²) in [7, 11) is 0. The highest BCUT2D eigenvalue weighted by Crippen LogP contribution is 2.31. The summed E-state index contributed by atoms with van der Waals surface area (Å²) >= 11 is 0. The zero-order valence-corrected chi connectivity index (χ0v) is 13.0. The second-order valence-electron chi connectivity index (χ2n) is 6.31. The molecular formula is C16H23N5. The van der Waals surface area contributed by atoms with E-state index in [1.807, 2.05) is 0 Å². The third kappa shape index (κ3) is 2.91. The molecule has 3 rings (SSSR count). The molecule has 2 atom stereocenters. The molecule has 21 heavy (non-hydrogen) atoms. The van der Waals surface area contributed by atoms with Crippen LogP contribution in [0, 0.1) is 18.8 Å². The Morgan fingerprint density at radius 2 is 1.95 bits per heavy atom. The molecule has 5 heteroatoms. The molecule has 2 unspecified atom stereocenters. The van der Waals surface area contributed by atoms with Gasteiger partial charge in [0.2, 0.25) is 0 Å². The van der Waals surface area contributed by atoms with Gasteiger partial charge in [0.25, 0.3) is 0 Å². The van der Waals surface area contributed by atoms with Crippen LogP contribution in [0.3, 0.4) is 0 Å². The number of aryl methyl sites for hydroxylation is 1. The van der Waals surface area contributed by atoms with Gasteiger partial charge < -0.3 is 5.32 Å².